The normalized spacial score (nSPS) is 15.5. The van der Waals surface area contributed by atoms with E-state index in [2.05, 4.69) is 20.8 Å². The molecule has 8 heteroatoms. The van der Waals surface area contributed by atoms with Crippen LogP contribution in [0.15, 0.2) is 58.5 Å². The first-order valence-corrected chi connectivity index (χ1v) is 14.1. The molecule has 0 N–H and O–H groups in total. The first-order valence-electron chi connectivity index (χ1n) is 12.3. The van der Waals surface area contributed by atoms with E-state index in [1.807, 2.05) is 30.3 Å². The molecule has 0 fully saturated rings. The number of aromatic nitrogens is 2. The van der Waals surface area contributed by atoms with Gasteiger partial charge in [-0.3, -0.25) is 14.2 Å². The van der Waals surface area contributed by atoms with Gasteiger partial charge in [-0.15, -0.1) is 11.3 Å². The van der Waals surface area contributed by atoms with Gasteiger partial charge in [0.1, 0.15) is 4.83 Å². The molecule has 1 unspecified atom stereocenters. The smallest absolute Gasteiger partial charge is 0.267 e. The Labute approximate surface area is 223 Å². The lowest BCUT2D eigenvalue weighted by Crippen LogP contribution is -2.27. The van der Waals surface area contributed by atoms with E-state index in [0.29, 0.717) is 22.1 Å². The first kappa shape index (κ1) is 25.7. The Balaban J connectivity index is 1.54. The van der Waals surface area contributed by atoms with Gasteiger partial charge in [-0.25, -0.2) is 9.37 Å². The average Bonchev–Trinajstić information content (AvgIpc) is 3.25. The number of nitrogens with zero attached hydrogens (tertiary/aromatic N) is 2. The zero-order valence-corrected chi connectivity index (χ0v) is 23.0. The quantitative estimate of drug-likeness (QED) is 0.156. The number of ketones is 1. The first-order chi connectivity index (χ1) is 17.7. The Hall–Kier alpha value is -2.97. The molecule has 2 aromatic carbocycles. The molecule has 1 atom stereocenters. The number of fused-ring (bicyclic) bond motifs is 3. The van der Waals surface area contributed by atoms with E-state index in [1.54, 1.807) is 22.0 Å². The zero-order valence-electron chi connectivity index (χ0n) is 21.3. The van der Waals surface area contributed by atoms with Gasteiger partial charge in [0.2, 0.25) is 0 Å². The fourth-order valence-electron chi connectivity index (χ4n) is 4.90. The third-order valence-electron chi connectivity index (χ3n) is 7.10. The van der Waals surface area contributed by atoms with Gasteiger partial charge in [-0.2, -0.15) is 0 Å². The van der Waals surface area contributed by atoms with Gasteiger partial charge in [0.05, 0.1) is 23.9 Å². The van der Waals surface area contributed by atoms with Crippen LogP contribution in [0.3, 0.4) is 0 Å². The van der Waals surface area contributed by atoms with Crippen LogP contribution in [-0.2, 0) is 12.8 Å². The highest BCUT2D eigenvalue weighted by Gasteiger charge is 2.32. The summed E-state index contributed by atoms with van der Waals surface area (Å²) in [6.45, 7) is 6.82. The highest BCUT2D eigenvalue weighted by atomic mass is 32.2. The van der Waals surface area contributed by atoms with Crippen LogP contribution in [0, 0.1) is 17.2 Å². The van der Waals surface area contributed by atoms with Gasteiger partial charge >= 0.3 is 0 Å². The predicted octanol–water partition coefficient (Wildman–Crippen LogP) is 6.72. The zero-order chi connectivity index (χ0) is 26.3. The Morgan fingerprint density at radius 3 is 2.65 bits per heavy atom. The SMILES string of the molecule is COc1ccc(C(=O)CSc2nc3sc4c(c3c(=O)n2-c2ccccc2)CCC(C(C)(C)C)C4)cc1F. The summed E-state index contributed by atoms with van der Waals surface area (Å²) < 4.78 is 20.7. The number of hydrogen-bond acceptors (Lipinski definition) is 6. The summed E-state index contributed by atoms with van der Waals surface area (Å²) in [5, 5.41) is 1.15. The molecule has 0 amide bonds. The number of benzene rings is 2. The minimum atomic E-state index is -0.586. The number of hydrogen-bond donors (Lipinski definition) is 0. The highest BCUT2D eigenvalue weighted by Crippen LogP contribution is 2.42. The van der Waals surface area contributed by atoms with Gasteiger partial charge in [0.25, 0.3) is 5.56 Å². The third kappa shape index (κ3) is 4.97. The summed E-state index contributed by atoms with van der Waals surface area (Å²) in [7, 11) is 1.38. The fourth-order valence-corrected chi connectivity index (χ4v) is 7.15. The Bertz CT molecular complexity index is 1540. The Morgan fingerprint density at radius 2 is 1.97 bits per heavy atom. The molecule has 1 aliphatic rings. The average molecular weight is 537 g/mol. The lowest BCUT2D eigenvalue weighted by molar-refractivity contribution is 0.102. The number of ether oxygens (including phenoxy) is 1. The molecule has 37 heavy (non-hydrogen) atoms. The van der Waals surface area contributed by atoms with Gasteiger partial charge in [-0.05, 0) is 66.5 Å². The van der Waals surface area contributed by atoms with Crippen LogP contribution in [0.2, 0.25) is 0 Å². The number of thioether (sulfide) groups is 1. The Morgan fingerprint density at radius 1 is 1.22 bits per heavy atom. The fraction of sp³-hybridized carbons (Fsp3) is 0.345. The van der Waals surface area contributed by atoms with Crippen molar-refractivity contribution < 1.29 is 13.9 Å². The molecular formula is C29H29FN2O3S2. The molecule has 2 heterocycles. The number of halogens is 1. The summed E-state index contributed by atoms with van der Waals surface area (Å²) in [4.78, 5) is 33.8. The van der Waals surface area contributed by atoms with Crippen molar-refractivity contribution in [2.45, 2.75) is 45.2 Å². The van der Waals surface area contributed by atoms with Crippen molar-refractivity contribution in [3.8, 4) is 11.4 Å². The summed E-state index contributed by atoms with van der Waals surface area (Å²) in [5.41, 5.74) is 2.18. The van der Waals surface area contributed by atoms with E-state index >= 15 is 0 Å². The van der Waals surface area contributed by atoms with E-state index in [9.17, 15) is 14.0 Å². The van der Waals surface area contributed by atoms with Crippen molar-refractivity contribution in [2.75, 3.05) is 12.9 Å². The van der Waals surface area contributed by atoms with E-state index in [-0.39, 0.29) is 33.8 Å². The third-order valence-corrected chi connectivity index (χ3v) is 9.18. The molecule has 0 saturated carbocycles. The number of carbonyl (C=O) groups excluding carboxylic acids is 1. The minimum absolute atomic E-state index is 0.0216. The molecule has 0 aliphatic heterocycles. The summed E-state index contributed by atoms with van der Waals surface area (Å²) >= 11 is 2.80. The van der Waals surface area contributed by atoms with Gasteiger partial charge in [-0.1, -0.05) is 50.7 Å². The molecule has 2 aromatic heterocycles. The van der Waals surface area contributed by atoms with Gasteiger partial charge < -0.3 is 4.74 Å². The lowest BCUT2D eigenvalue weighted by atomic mass is 9.72. The molecule has 0 radical (unpaired) electrons. The van der Waals surface area contributed by atoms with Crippen molar-refractivity contribution in [3.05, 3.63) is 80.7 Å². The Kier molecular flexibility index (Phi) is 6.98. The van der Waals surface area contributed by atoms with Crippen LogP contribution in [0.1, 0.15) is 48.0 Å². The minimum Gasteiger partial charge on any atom is -0.494 e. The summed E-state index contributed by atoms with van der Waals surface area (Å²) in [6.07, 6.45) is 2.88. The molecular weight excluding hydrogens is 507 g/mol. The topological polar surface area (TPSA) is 61.2 Å². The van der Waals surface area contributed by atoms with Crippen molar-refractivity contribution in [2.24, 2.45) is 11.3 Å². The maximum absolute atomic E-state index is 14.2. The van der Waals surface area contributed by atoms with Crippen molar-refractivity contribution in [1.82, 2.24) is 9.55 Å². The highest BCUT2D eigenvalue weighted by molar-refractivity contribution is 7.99. The number of rotatable bonds is 6. The number of aryl methyl sites for hydroxylation is 1. The molecule has 4 aromatic rings. The van der Waals surface area contributed by atoms with Crippen LogP contribution in [0.25, 0.3) is 15.9 Å². The predicted molar refractivity (Wildman–Crippen MR) is 148 cm³/mol. The maximum Gasteiger partial charge on any atom is 0.267 e. The summed E-state index contributed by atoms with van der Waals surface area (Å²) in [5.74, 6) is -0.172. The molecule has 0 spiro atoms. The molecule has 5 rings (SSSR count). The number of para-hydroxylation sites is 1. The van der Waals surface area contributed by atoms with E-state index in [1.165, 1.54) is 35.9 Å². The maximum atomic E-state index is 14.2. The van der Waals surface area contributed by atoms with Crippen LogP contribution in [-0.4, -0.2) is 28.2 Å². The monoisotopic (exact) mass is 536 g/mol. The molecule has 1 aliphatic carbocycles. The van der Waals surface area contributed by atoms with Crippen molar-refractivity contribution in [3.63, 3.8) is 0 Å². The largest absolute Gasteiger partial charge is 0.494 e. The molecule has 0 bridgehead atoms. The number of thiophene rings is 1. The second-order valence-electron chi connectivity index (χ2n) is 10.4. The number of Topliss-reactive ketones (excluding diaryl/α,β-unsaturated/α-hetero) is 1. The van der Waals surface area contributed by atoms with E-state index in [0.717, 1.165) is 29.7 Å². The molecule has 5 nitrogen and oxygen atoms in total. The van der Waals surface area contributed by atoms with Crippen molar-refractivity contribution in [1.29, 1.82) is 0 Å². The van der Waals surface area contributed by atoms with Crippen LogP contribution >= 0.6 is 23.1 Å². The van der Waals surface area contributed by atoms with Crippen LogP contribution in [0.4, 0.5) is 4.39 Å². The second-order valence-corrected chi connectivity index (χ2v) is 12.4. The van der Waals surface area contributed by atoms with E-state index < -0.39 is 5.82 Å². The second kappa shape index (κ2) is 10.1. The van der Waals surface area contributed by atoms with Gasteiger partial charge in [0.15, 0.2) is 22.5 Å². The van der Waals surface area contributed by atoms with Gasteiger partial charge in [0, 0.05) is 10.4 Å². The van der Waals surface area contributed by atoms with E-state index in [4.69, 9.17) is 9.72 Å². The lowest BCUT2D eigenvalue weighted by Gasteiger charge is -2.33. The summed E-state index contributed by atoms with van der Waals surface area (Å²) in [6, 6.07) is 13.6. The molecule has 0 saturated heterocycles. The standard InChI is InChI=1S/C29H29FN2O3S2/c1-29(2,3)18-11-12-20-24(15-18)37-26-25(20)27(34)32(19-8-6-5-7-9-19)28(31-26)36-16-22(33)17-10-13-23(35-4)21(30)14-17/h5-10,13-14,18H,11-12,15-16H2,1-4H3. The number of methoxy groups -OCH3 is 1. The van der Waals surface area contributed by atoms with Crippen LogP contribution < -0.4 is 10.3 Å². The van der Waals surface area contributed by atoms with Crippen LogP contribution in [0.5, 0.6) is 5.75 Å². The number of carbonyl (C=O) groups is 1. The van der Waals surface area contributed by atoms with Crippen molar-refractivity contribution >= 4 is 39.1 Å². The molecule has 192 valence electrons.